The molecule has 0 N–H and O–H groups in total. The number of nitro groups is 1. The van der Waals surface area contributed by atoms with Crippen molar-refractivity contribution in [3.05, 3.63) is 133 Å². The summed E-state index contributed by atoms with van der Waals surface area (Å²) >= 11 is 0. The maximum atomic E-state index is 13.3. The van der Waals surface area contributed by atoms with Crippen molar-refractivity contribution in [3.63, 3.8) is 0 Å². The first-order valence-corrected chi connectivity index (χ1v) is 10.5. The monoisotopic (exact) mass is 458 g/mol. The van der Waals surface area contributed by atoms with Gasteiger partial charge in [-0.15, -0.1) is 0 Å². The predicted molar refractivity (Wildman–Crippen MR) is 123 cm³/mol. The van der Waals surface area contributed by atoms with Crippen molar-refractivity contribution >= 4 is 5.69 Å². The van der Waals surface area contributed by atoms with Crippen LogP contribution in [-0.2, 0) is 14.1 Å². The van der Waals surface area contributed by atoms with E-state index in [2.05, 4.69) is 0 Å². The van der Waals surface area contributed by atoms with E-state index in [0.29, 0.717) is 11.1 Å². The highest BCUT2D eigenvalue weighted by molar-refractivity contribution is 5.42. The van der Waals surface area contributed by atoms with Crippen LogP contribution in [0.15, 0.2) is 94.8 Å². The fourth-order valence-corrected chi connectivity index (χ4v) is 4.21. The molecular formula is C25H22N4O5. The third kappa shape index (κ3) is 3.99. The van der Waals surface area contributed by atoms with Crippen LogP contribution in [0.3, 0.4) is 0 Å². The normalized spacial score (nSPS) is 12.8. The fraction of sp³-hybridized carbons (Fsp3) is 0.160. The van der Waals surface area contributed by atoms with Gasteiger partial charge in [0, 0.05) is 49.5 Å². The zero-order valence-corrected chi connectivity index (χ0v) is 18.6. The molecule has 4 rings (SSSR count). The molecule has 0 aliphatic carbocycles. The van der Waals surface area contributed by atoms with E-state index in [-0.39, 0.29) is 11.3 Å². The number of nitro benzene ring substituents is 1. The number of aromatic nitrogens is 3. The Morgan fingerprint density at radius 2 is 1.41 bits per heavy atom. The number of hydrogen-bond acceptors (Lipinski definition) is 5. The zero-order chi connectivity index (χ0) is 24.4. The second-order valence-corrected chi connectivity index (χ2v) is 7.93. The molecule has 4 aromatic rings. The zero-order valence-electron chi connectivity index (χ0n) is 18.6. The number of rotatable bonds is 6. The van der Waals surface area contributed by atoms with Gasteiger partial charge in [-0.1, -0.05) is 36.4 Å². The third-order valence-electron chi connectivity index (χ3n) is 5.93. The first kappa shape index (κ1) is 22.7. The molecule has 0 radical (unpaired) electrons. The van der Waals surface area contributed by atoms with Crippen LogP contribution in [0, 0.1) is 10.1 Å². The summed E-state index contributed by atoms with van der Waals surface area (Å²) in [5.74, 6) is -1.46. The Balaban J connectivity index is 2.07. The maximum Gasteiger partial charge on any atom is 0.329 e. The number of hydrogen-bond donors (Lipinski definition) is 0. The first-order chi connectivity index (χ1) is 16.3. The van der Waals surface area contributed by atoms with Crippen molar-refractivity contribution in [1.29, 1.82) is 0 Å². The molecule has 0 saturated heterocycles. The highest BCUT2D eigenvalue weighted by atomic mass is 16.6. The summed E-state index contributed by atoms with van der Waals surface area (Å²) in [7, 11) is 2.68. The van der Waals surface area contributed by atoms with Crippen LogP contribution in [0.5, 0.6) is 5.88 Å². The molecule has 172 valence electrons. The van der Waals surface area contributed by atoms with E-state index in [0.717, 1.165) is 9.13 Å². The number of pyridine rings is 1. The summed E-state index contributed by atoms with van der Waals surface area (Å²) in [6.07, 6.45) is 3.61. The average molecular weight is 458 g/mol. The lowest BCUT2D eigenvalue weighted by molar-refractivity contribution is -0.715. The average Bonchev–Trinajstić information content (AvgIpc) is 2.87. The minimum atomic E-state index is -0.784. The second kappa shape index (κ2) is 9.14. The molecular weight excluding hydrogens is 436 g/mol. The minimum Gasteiger partial charge on any atom is -0.860 e. The van der Waals surface area contributed by atoms with Crippen LogP contribution in [0.2, 0.25) is 0 Å². The van der Waals surface area contributed by atoms with Gasteiger partial charge in [-0.3, -0.25) is 19.5 Å². The molecule has 2 unspecified atom stereocenters. The van der Waals surface area contributed by atoms with Crippen molar-refractivity contribution < 1.29 is 14.6 Å². The first-order valence-electron chi connectivity index (χ1n) is 10.5. The van der Waals surface area contributed by atoms with E-state index in [4.69, 9.17) is 0 Å². The standard InChI is InChI=1S/C25H22N4O5/c1-26-23(30)21(24(31)27(2)25(26)32)20(17-9-5-3-6-10-17)22(28-15-7-4-8-16-28)18-11-13-19(14-12-18)29(33)34/h3-16,20,22H,1-2H3. The van der Waals surface area contributed by atoms with Crippen LogP contribution in [0.1, 0.15) is 28.7 Å². The fourth-order valence-electron chi connectivity index (χ4n) is 4.21. The van der Waals surface area contributed by atoms with Gasteiger partial charge in [0.05, 0.1) is 10.8 Å². The summed E-state index contributed by atoms with van der Waals surface area (Å²) in [5.41, 5.74) is -0.161. The second-order valence-electron chi connectivity index (χ2n) is 7.93. The van der Waals surface area contributed by atoms with Gasteiger partial charge in [0.25, 0.3) is 11.2 Å². The van der Waals surface area contributed by atoms with Crippen molar-refractivity contribution in [2.75, 3.05) is 0 Å². The summed E-state index contributed by atoms with van der Waals surface area (Å²) in [6.45, 7) is 0. The van der Waals surface area contributed by atoms with Gasteiger partial charge < -0.3 is 9.67 Å². The topological polar surface area (TPSA) is 114 Å². The van der Waals surface area contributed by atoms with Crippen LogP contribution >= 0.6 is 0 Å². The van der Waals surface area contributed by atoms with Crippen molar-refractivity contribution in [3.8, 4) is 5.88 Å². The van der Waals surface area contributed by atoms with Crippen molar-refractivity contribution in [2.24, 2.45) is 14.1 Å². The van der Waals surface area contributed by atoms with Crippen molar-refractivity contribution in [2.45, 2.75) is 12.0 Å². The molecule has 0 fully saturated rings. The van der Waals surface area contributed by atoms with Crippen LogP contribution < -0.4 is 20.9 Å². The highest BCUT2D eigenvalue weighted by Gasteiger charge is 2.37. The van der Waals surface area contributed by atoms with Gasteiger partial charge in [0.1, 0.15) is 0 Å². The van der Waals surface area contributed by atoms with Gasteiger partial charge in [-0.25, -0.2) is 4.79 Å². The van der Waals surface area contributed by atoms with Crippen LogP contribution in [-0.4, -0.2) is 14.1 Å². The van der Waals surface area contributed by atoms with Crippen molar-refractivity contribution in [1.82, 2.24) is 9.13 Å². The molecule has 0 amide bonds. The molecule has 0 aliphatic heterocycles. The Hall–Kier alpha value is -4.53. The molecule has 0 aliphatic rings. The molecule has 2 aromatic carbocycles. The number of non-ortho nitro benzene ring substituents is 1. The largest absolute Gasteiger partial charge is 0.860 e. The molecule has 2 heterocycles. The van der Waals surface area contributed by atoms with Gasteiger partial charge >= 0.3 is 5.69 Å². The van der Waals surface area contributed by atoms with Gasteiger partial charge in [-0.2, -0.15) is 4.57 Å². The summed E-state index contributed by atoms with van der Waals surface area (Å²) < 4.78 is 3.70. The molecule has 2 aromatic heterocycles. The Kier molecular flexibility index (Phi) is 6.09. The lowest BCUT2D eigenvalue weighted by Gasteiger charge is -2.28. The predicted octanol–water partition coefficient (Wildman–Crippen LogP) is 1.77. The summed E-state index contributed by atoms with van der Waals surface area (Å²) in [6, 6.07) is 20.0. The molecule has 0 saturated carbocycles. The summed E-state index contributed by atoms with van der Waals surface area (Å²) in [5, 5.41) is 24.5. The smallest absolute Gasteiger partial charge is 0.329 e. The Bertz CT molecular complexity index is 1450. The van der Waals surface area contributed by atoms with E-state index >= 15 is 0 Å². The number of benzene rings is 2. The highest BCUT2D eigenvalue weighted by Crippen LogP contribution is 2.38. The van der Waals surface area contributed by atoms with Crippen LogP contribution in [0.4, 0.5) is 5.69 Å². The SMILES string of the molecule is Cn1c([O-])c(C(c2ccccc2)C(c2ccc([N+](=O)[O-])cc2)[n+]2ccccc2)c(=O)n(C)c1=O. The lowest BCUT2D eigenvalue weighted by Crippen LogP contribution is -2.47. The van der Waals surface area contributed by atoms with Gasteiger partial charge in [0.15, 0.2) is 18.4 Å². The lowest BCUT2D eigenvalue weighted by atomic mass is 9.82. The molecule has 34 heavy (non-hydrogen) atoms. The Morgan fingerprint density at radius 3 is 2.00 bits per heavy atom. The van der Waals surface area contributed by atoms with E-state index in [1.807, 2.05) is 53.1 Å². The molecule has 0 spiro atoms. The van der Waals surface area contributed by atoms with E-state index in [1.54, 1.807) is 24.5 Å². The van der Waals surface area contributed by atoms with Crippen LogP contribution in [0.25, 0.3) is 0 Å². The maximum absolute atomic E-state index is 13.3. The van der Waals surface area contributed by atoms with E-state index in [9.17, 15) is 24.8 Å². The van der Waals surface area contributed by atoms with Gasteiger partial charge in [0.2, 0.25) is 0 Å². The number of nitrogens with zero attached hydrogens (tertiary/aromatic N) is 4. The van der Waals surface area contributed by atoms with E-state index < -0.39 is 34.0 Å². The minimum absolute atomic E-state index is 0.0597. The Labute approximate surface area is 194 Å². The Morgan fingerprint density at radius 1 is 0.824 bits per heavy atom. The molecule has 9 heteroatoms. The molecule has 2 atom stereocenters. The third-order valence-corrected chi connectivity index (χ3v) is 5.93. The molecule has 0 bridgehead atoms. The molecule has 9 nitrogen and oxygen atoms in total. The van der Waals surface area contributed by atoms with E-state index in [1.165, 1.54) is 26.2 Å². The van der Waals surface area contributed by atoms with Gasteiger partial charge in [-0.05, 0) is 23.6 Å². The quantitative estimate of drug-likeness (QED) is 0.248. The summed E-state index contributed by atoms with van der Waals surface area (Å²) in [4.78, 5) is 36.5.